The summed E-state index contributed by atoms with van der Waals surface area (Å²) in [6, 6.07) is 8.55. The van der Waals surface area contributed by atoms with Crippen molar-refractivity contribution in [2.75, 3.05) is 25.0 Å². The highest BCUT2D eigenvalue weighted by molar-refractivity contribution is 6.33. The van der Waals surface area contributed by atoms with E-state index in [0.29, 0.717) is 54.0 Å². The molecule has 13 heteroatoms. The van der Waals surface area contributed by atoms with Crippen LogP contribution in [0.5, 0.6) is 0 Å². The number of nitrogens with one attached hydrogen (secondary N) is 2. The topological polar surface area (TPSA) is 84.8 Å². The van der Waals surface area contributed by atoms with E-state index in [4.69, 9.17) is 11.6 Å². The van der Waals surface area contributed by atoms with Crippen molar-refractivity contribution in [2.45, 2.75) is 63.2 Å². The van der Waals surface area contributed by atoms with Crippen molar-refractivity contribution in [1.82, 2.24) is 10.2 Å². The molecule has 1 aliphatic rings. The van der Waals surface area contributed by atoms with E-state index in [-0.39, 0.29) is 6.54 Å². The molecule has 6 nitrogen and oxygen atoms in total. The van der Waals surface area contributed by atoms with Gasteiger partial charge in [0.1, 0.15) is 0 Å². The molecule has 40 heavy (non-hydrogen) atoms. The average Bonchev–Trinajstić information content (AvgIpc) is 2.84. The highest BCUT2D eigenvalue weighted by Gasteiger charge is 2.71. The average molecular weight is 596 g/mol. The van der Waals surface area contributed by atoms with E-state index in [9.17, 15) is 41.4 Å². The van der Waals surface area contributed by atoms with Gasteiger partial charge >= 0.3 is 18.4 Å². The molecular weight excluding hydrogens is 564 g/mol. The number of urea groups is 1. The number of alkyl halides is 6. The fraction of sp³-hybridized carbons (Fsp3) is 0.519. The number of likely N-dealkylation sites (tertiary alicyclic amines) is 1. The van der Waals surface area contributed by atoms with Crippen LogP contribution in [0.4, 0.5) is 36.8 Å². The molecule has 0 aliphatic carbocycles. The molecule has 1 aliphatic heterocycles. The molecule has 2 aromatic carbocycles. The maximum atomic E-state index is 13.1. The van der Waals surface area contributed by atoms with Gasteiger partial charge in [-0.15, -0.1) is 0 Å². The first-order chi connectivity index (χ1) is 18.4. The summed E-state index contributed by atoms with van der Waals surface area (Å²) in [7, 11) is 0. The number of anilines is 1. The van der Waals surface area contributed by atoms with E-state index in [2.05, 4.69) is 15.5 Å². The summed E-state index contributed by atoms with van der Waals surface area (Å²) in [5, 5.41) is 24.8. The SMILES string of the molecule is CC(C)(O)CNC(=O)Nc1ccc(CC2CCN(Cc3ccc(C(O)(C(F)(F)F)C(F)(F)F)cc3)CC2)cc1Cl. The Balaban J connectivity index is 1.52. The monoisotopic (exact) mass is 595 g/mol. The number of halogens is 7. The number of hydrogen-bond donors (Lipinski definition) is 4. The number of benzene rings is 2. The van der Waals surface area contributed by atoms with Gasteiger partial charge in [0.25, 0.3) is 5.60 Å². The summed E-state index contributed by atoms with van der Waals surface area (Å²) in [6.45, 7) is 4.94. The molecule has 2 amide bonds. The van der Waals surface area contributed by atoms with Crippen LogP contribution in [0.3, 0.4) is 0 Å². The molecule has 0 bridgehead atoms. The smallest absolute Gasteiger partial charge is 0.389 e. The minimum atomic E-state index is -5.91. The third-order valence-electron chi connectivity index (χ3n) is 6.79. The first kappa shape index (κ1) is 32.0. The van der Waals surface area contributed by atoms with Crippen LogP contribution in [0.2, 0.25) is 5.02 Å². The van der Waals surface area contributed by atoms with Gasteiger partial charge in [-0.2, -0.15) is 26.3 Å². The number of hydrogen-bond acceptors (Lipinski definition) is 4. The molecule has 0 spiro atoms. The third kappa shape index (κ3) is 8.02. The Morgan fingerprint density at radius 2 is 1.50 bits per heavy atom. The van der Waals surface area contributed by atoms with E-state index in [1.807, 2.05) is 6.07 Å². The zero-order valence-corrected chi connectivity index (χ0v) is 22.7. The normalized spacial score (nSPS) is 16.2. The van der Waals surface area contributed by atoms with E-state index < -0.39 is 35.1 Å². The lowest BCUT2D eigenvalue weighted by Gasteiger charge is -2.33. The highest BCUT2D eigenvalue weighted by atomic mass is 35.5. The molecule has 0 radical (unpaired) electrons. The molecule has 0 aromatic heterocycles. The maximum absolute atomic E-state index is 13.1. The van der Waals surface area contributed by atoms with Gasteiger partial charge in [-0.05, 0) is 75.4 Å². The maximum Gasteiger partial charge on any atom is 0.430 e. The highest BCUT2D eigenvalue weighted by Crippen LogP contribution is 2.50. The van der Waals surface area contributed by atoms with Crippen molar-refractivity contribution in [3.05, 3.63) is 64.2 Å². The summed E-state index contributed by atoms with van der Waals surface area (Å²) in [4.78, 5) is 14.1. The minimum absolute atomic E-state index is 0.0675. The number of carbonyl (C=O) groups excluding carboxylic acids is 1. The summed E-state index contributed by atoms with van der Waals surface area (Å²) in [5.74, 6) is 0.345. The van der Waals surface area contributed by atoms with Crippen molar-refractivity contribution in [2.24, 2.45) is 5.92 Å². The molecule has 3 rings (SSSR count). The van der Waals surface area contributed by atoms with Gasteiger partial charge in [-0.3, -0.25) is 4.90 Å². The summed E-state index contributed by atoms with van der Waals surface area (Å²) < 4.78 is 78.6. The lowest BCUT2D eigenvalue weighted by atomic mass is 9.89. The predicted molar refractivity (Wildman–Crippen MR) is 139 cm³/mol. The standard InChI is InChI=1S/C27H32ClF6N3O3/c1-24(2,39)16-35-23(38)36-22-8-5-19(14-21(22)28)13-17-9-11-37(12-10-17)15-18-3-6-20(7-4-18)25(40,26(29,30)31)27(32,33)34/h3-8,14,17,39-40H,9-13,15-16H2,1-2H3,(H2,35,36,38). The zero-order valence-electron chi connectivity index (χ0n) is 22.0. The number of aliphatic hydroxyl groups is 2. The van der Waals surface area contributed by atoms with Crippen molar-refractivity contribution in [3.63, 3.8) is 0 Å². The van der Waals surface area contributed by atoms with Crippen molar-refractivity contribution in [1.29, 1.82) is 0 Å². The quantitative estimate of drug-likeness (QED) is 0.282. The first-order valence-corrected chi connectivity index (χ1v) is 13.0. The van der Waals surface area contributed by atoms with Gasteiger partial charge in [0.15, 0.2) is 0 Å². The molecule has 4 N–H and O–H groups in total. The van der Waals surface area contributed by atoms with Crippen LogP contribution in [0.1, 0.15) is 43.4 Å². The van der Waals surface area contributed by atoms with Crippen LogP contribution in [0, 0.1) is 5.92 Å². The van der Waals surface area contributed by atoms with Gasteiger partial charge < -0.3 is 20.8 Å². The first-order valence-electron chi connectivity index (χ1n) is 12.6. The van der Waals surface area contributed by atoms with Crippen molar-refractivity contribution >= 4 is 23.3 Å². The Labute approximate surface area is 233 Å². The Hall–Kier alpha value is -2.54. The molecule has 0 unspecified atom stereocenters. The van der Waals surface area contributed by atoms with Gasteiger partial charge in [0, 0.05) is 18.7 Å². The summed E-state index contributed by atoms with van der Waals surface area (Å²) in [5.41, 5.74) is -5.30. The largest absolute Gasteiger partial charge is 0.430 e. The molecule has 1 fully saturated rings. The van der Waals surface area contributed by atoms with Gasteiger partial charge in [0.05, 0.1) is 16.3 Å². The van der Waals surface area contributed by atoms with Crippen LogP contribution < -0.4 is 10.6 Å². The second kappa shape index (κ2) is 12.1. The second-order valence-electron chi connectivity index (χ2n) is 10.8. The minimum Gasteiger partial charge on any atom is -0.389 e. The predicted octanol–water partition coefficient (Wildman–Crippen LogP) is 6.00. The van der Waals surface area contributed by atoms with Gasteiger partial charge in [0.2, 0.25) is 0 Å². The van der Waals surface area contributed by atoms with Crippen LogP contribution in [0.15, 0.2) is 42.5 Å². The van der Waals surface area contributed by atoms with Crippen LogP contribution in [-0.4, -0.2) is 58.7 Å². The number of piperidine rings is 1. The Bertz CT molecular complexity index is 1140. The van der Waals surface area contributed by atoms with E-state index >= 15 is 0 Å². The molecule has 0 atom stereocenters. The van der Waals surface area contributed by atoms with E-state index in [1.54, 1.807) is 26.0 Å². The summed E-state index contributed by atoms with van der Waals surface area (Å²) >= 11 is 6.34. The zero-order chi connectivity index (χ0) is 29.9. The molecule has 0 saturated carbocycles. The second-order valence-corrected chi connectivity index (χ2v) is 11.2. The third-order valence-corrected chi connectivity index (χ3v) is 7.11. The molecular formula is C27H32ClF6N3O3. The molecule has 2 aromatic rings. The molecule has 1 heterocycles. The fourth-order valence-electron chi connectivity index (χ4n) is 4.53. The Kier molecular flexibility index (Phi) is 9.70. The lowest BCUT2D eigenvalue weighted by Crippen LogP contribution is -2.53. The van der Waals surface area contributed by atoms with Crippen LogP contribution in [-0.2, 0) is 18.6 Å². The molecule has 1 saturated heterocycles. The summed E-state index contributed by atoms with van der Waals surface area (Å²) in [6.07, 6.45) is -9.42. The van der Waals surface area contributed by atoms with Gasteiger partial charge in [-0.25, -0.2) is 4.79 Å². The van der Waals surface area contributed by atoms with Crippen LogP contribution in [0.25, 0.3) is 0 Å². The van der Waals surface area contributed by atoms with Gasteiger partial charge in [-0.1, -0.05) is 41.9 Å². The Morgan fingerprint density at radius 1 is 0.950 bits per heavy atom. The number of amides is 2. The van der Waals surface area contributed by atoms with Crippen LogP contribution >= 0.6 is 11.6 Å². The van der Waals surface area contributed by atoms with E-state index in [1.165, 1.54) is 12.1 Å². The van der Waals surface area contributed by atoms with Crippen molar-refractivity contribution < 1.29 is 41.4 Å². The fourth-order valence-corrected chi connectivity index (χ4v) is 4.78. The number of carbonyl (C=O) groups is 1. The van der Waals surface area contributed by atoms with Crippen molar-refractivity contribution in [3.8, 4) is 0 Å². The lowest BCUT2D eigenvalue weighted by molar-refractivity contribution is -0.376. The molecule has 222 valence electrons. The van der Waals surface area contributed by atoms with E-state index in [0.717, 1.165) is 24.8 Å². The number of nitrogens with zero attached hydrogens (tertiary/aromatic N) is 1. The number of rotatable bonds is 8. The Morgan fingerprint density at radius 3 is 2.00 bits per heavy atom.